The molecule has 9 aromatic rings. The Morgan fingerprint density at radius 3 is 0.895 bits per heavy atom. The van der Waals surface area contributed by atoms with Crippen molar-refractivity contribution in [3.05, 3.63) is 210 Å². The highest BCUT2D eigenvalue weighted by atomic mass is 19.1. The SMILES string of the molecule is Cc1c(C(C)C)ccn1C.Cc1c(F)cc(F)n1C.Cc1c(F)ccn1C.Cc1cc(C(C)C)c(C)n1C.Cc1cc(C)n(C)c1C.Cc1cc(C2CCCC2)c(C)n1C.Cc1cc(F)c(C)n1C.Cc1cc(F)n(C)c1C.Cc1ccn(C)c1C. The van der Waals surface area contributed by atoms with Crippen LogP contribution >= 0.6 is 0 Å². The van der Waals surface area contributed by atoms with Crippen molar-refractivity contribution in [1.82, 2.24) is 41.1 Å². The van der Waals surface area contributed by atoms with E-state index in [2.05, 4.69) is 198 Å². The molecule has 0 atom stereocenters. The largest absolute Gasteiger partial charge is 0.354 e. The zero-order valence-electron chi connectivity index (χ0n) is 58.4. The lowest BCUT2D eigenvalue weighted by atomic mass is 9.98. The topological polar surface area (TPSA) is 44.4 Å². The van der Waals surface area contributed by atoms with Gasteiger partial charge in [0.2, 0.25) is 0 Å². The van der Waals surface area contributed by atoms with E-state index in [1.165, 1.54) is 130 Å². The van der Waals surface area contributed by atoms with Gasteiger partial charge in [-0.2, -0.15) is 8.78 Å². The number of aromatic nitrogens is 9. The lowest BCUT2D eigenvalue weighted by molar-refractivity contribution is 0.529. The third-order valence-corrected chi connectivity index (χ3v) is 17.9. The van der Waals surface area contributed by atoms with Crippen LogP contribution in [0.2, 0.25) is 0 Å². The first kappa shape index (κ1) is 75.3. The highest BCUT2D eigenvalue weighted by Crippen LogP contribution is 2.36. The third-order valence-electron chi connectivity index (χ3n) is 17.9. The number of rotatable bonds is 3. The van der Waals surface area contributed by atoms with E-state index in [1.54, 1.807) is 37.2 Å². The van der Waals surface area contributed by atoms with E-state index >= 15 is 0 Å². The van der Waals surface area contributed by atoms with Crippen molar-refractivity contribution < 1.29 is 22.0 Å². The van der Waals surface area contributed by atoms with Crippen molar-refractivity contribution in [2.24, 2.45) is 63.4 Å². The van der Waals surface area contributed by atoms with E-state index in [4.69, 9.17) is 0 Å². The van der Waals surface area contributed by atoms with Crippen LogP contribution < -0.4 is 0 Å². The second-order valence-electron chi connectivity index (χ2n) is 24.2. The lowest BCUT2D eigenvalue weighted by Crippen LogP contribution is -1.97. The lowest BCUT2D eigenvalue weighted by Gasteiger charge is -2.08. The molecular weight excluding hydrogens is 1090 g/mol. The summed E-state index contributed by atoms with van der Waals surface area (Å²) >= 11 is 0. The van der Waals surface area contributed by atoms with E-state index < -0.39 is 11.8 Å². The number of hydrogen-bond acceptors (Lipinski definition) is 0. The Hall–Kier alpha value is -6.83. The van der Waals surface area contributed by atoms with Gasteiger partial charge in [0.1, 0.15) is 17.5 Å². The zero-order valence-corrected chi connectivity index (χ0v) is 58.4. The minimum Gasteiger partial charge on any atom is -0.354 e. The molecule has 0 N–H and O–H groups in total. The molecule has 0 aromatic carbocycles. The molecule has 0 aliphatic heterocycles. The first-order chi connectivity index (χ1) is 39.8. The Bertz CT molecular complexity index is 3140. The molecule has 0 saturated heterocycles. The number of aryl methyl sites for hydroxylation is 10. The molecule has 1 aliphatic carbocycles. The van der Waals surface area contributed by atoms with Crippen LogP contribution in [0.15, 0.2) is 73.2 Å². The molecule has 0 radical (unpaired) electrons. The summed E-state index contributed by atoms with van der Waals surface area (Å²) in [6.07, 6.45) is 11.6. The van der Waals surface area contributed by atoms with Gasteiger partial charge in [-0.05, 0) is 223 Å². The van der Waals surface area contributed by atoms with Crippen LogP contribution in [0, 0.1) is 140 Å². The average molecular weight is 1200 g/mol. The summed E-state index contributed by atoms with van der Waals surface area (Å²) in [6.45, 7) is 41.2. The molecule has 10 rings (SSSR count). The van der Waals surface area contributed by atoms with Crippen molar-refractivity contribution in [2.45, 2.75) is 182 Å². The standard InChI is InChI=1S/C12H19N.C10H17N.C9H15N.C8H13N.2C7H10FN.C7H11N.C6H7F2N.C6H8FN/c1-9-8-12(10(2)13(9)3)11-6-4-5-7-11;1-7(2)10-6-8(3)11(5)9(10)4;1-7(2)9-5-6-10(4)8(9)3;1-6-5-7(2)9(4)8(6)3;1-5-4-7(8)6(2)9(5)3;1-5-4-7(8)9(3)6(5)2;1-6-4-5-8(3)7(6)2;1-4-5(7)3-6(8)9(4)2;1-5-6(7)3-4-8(5)2/h8,11H,4-7H2,1-3H3;6-7H,1-5H3;5-7H,1-4H3;5H,1-4H3;2*4H,1-3H3;4-5H,1-3H3;3H,1-2H3;3-4H,1-2H3. The van der Waals surface area contributed by atoms with Crippen LogP contribution in [0.5, 0.6) is 0 Å². The van der Waals surface area contributed by atoms with Crippen LogP contribution in [0.3, 0.4) is 0 Å². The summed E-state index contributed by atoms with van der Waals surface area (Å²) in [7, 11) is 17.4. The first-order valence-electron chi connectivity index (χ1n) is 30.2. The van der Waals surface area contributed by atoms with Crippen LogP contribution in [0.1, 0.15) is 179 Å². The van der Waals surface area contributed by atoms with Crippen LogP contribution in [-0.4, -0.2) is 41.1 Å². The van der Waals surface area contributed by atoms with E-state index in [0.29, 0.717) is 28.9 Å². The molecule has 1 aliphatic rings. The normalized spacial score (nSPS) is 11.6. The molecule has 0 bridgehead atoms. The van der Waals surface area contributed by atoms with Crippen LogP contribution in [0.4, 0.5) is 22.0 Å². The maximum Gasteiger partial charge on any atom is 0.196 e. The summed E-state index contributed by atoms with van der Waals surface area (Å²) < 4.78 is 79.4. The molecule has 9 nitrogen and oxygen atoms in total. The van der Waals surface area contributed by atoms with Gasteiger partial charge in [0.25, 0.3) is 0 Å². The fourth-order valence-electron chi connectivity index (χ4n) is 9.84. The molecule has 1 fully saturated rings. The Balaban J connectivity index is 0.000000331. The molecule has 86 heavy (non-hydrogen) atoms. The molecule has 0 unspecified atom stereocenters. The van der Waals surface area contributed by atoms with Gasteiger partial charge in [-0.15, -0.1) is 0 Å². The monoisotopic (exact) mass is 1200 g/mol. The van der Waals surface area contributed by atoms with Crippen molar-refractivity contribution in [3.8, 4) is 0 Å². The summed E-state index contributed by atoms with van der Waals surface area (Å²) in [5.74, 6) is 0.725. The molecule has 14 heteroatoms. The number of nitrogens with zero attached hydrogens (tertiary/aromatic N) is 9. The van der Waals surface area contributed by atoms with Gasteiger partial charge < -0.3 is 41.1 Å². The molecule has 9 heterocycles. The Morgan fingerprint density at radius 2 is 0.709 bits per heavy atom. The highest BCUT2D eigenvalue weighted by Gasteiger charge is 2.21. The van der Waals surface area contributed by atoms with Gasteiger partial charge >= 0.3 is 0 Å². The number of halogens is 5. The summed E-state index contributed by atoms with van der Waals surface area (Å²) in [5.41, 5.74) is 23.1. The fourth-order valence-corrected chi connectivity index (χ4v) is 9.84. The van der Waals surface area contributed by atoms with Crippen molar-refractivity contribution >= 4 is 0 Å². The van der Waals surface area contributed by atoms with Gasteiger partial charge in [-0.25, -0.2) is 13.2 Å². The maximum atomic E-state index is 12.6. The van der Waals surface area contributed by atoms with Gasteiger partial charge in [-0.1, -0.05) is 40.5 Å². The molecule has 478 valence electrons. The van der Waals surface area contributed by atoms with Gasteiger partial charge in [0.05, 0.1) is 17.1 Å². The van der Waals surface area contributed by atoms with Crippen molar-refractivity contribution in [2.75, 3.05) is 0 Å². The average Bonchev–Trinajstić information content (AvgIpc) is 3.86. The van der Waals surface area contributed by atoms with Crippen LogP contribution in [0.25, 0.3) is 0 Å². The molecule has 1 saturated carbocycles. The zero-order chi connectivity index (χ0) is 66.1. The van der Waals surface area contributed by atoms with Gasteiger partial charge in [0, 0.05) is 145 Å². The van der Waals surface area contributed by atoms with Gasteiger partial charge in [0.15, 0.2) is 11.9 Å². The second-order valence-corrected chi connectivity index (χ2v) is 24.2. The summed E-state index contributed by atoms with van der Waals surface area (Å²) in [5, 5.41) is 0. The molecule has 0 spiro atoms. The van der Waals surface area contributed by atoms with E-state index in [1.807, 2.05) is 39.4 Å². The summed E-state index contributed by atoms with van der Waals surface area (Å²) in [4.78, 5) is 0. The first-order valence-corrected chi connectivity index (χ1v) is 30.2. The minimum absolute atomic E-state index is 0.116. The van der Waals surface area contributed by atoms with Crippen LogP contribution in [-0.2, 0) is 63.4 Å². The van der Waals surface area contributed by atoms with E-state index in [0.717, 1.165) is 33.5 Å². The Kier molecular flexibility index (Phi) is 29.7. The van der Waals surface area contributed by atoms with Crippen molar-refractivity contribution in [1.29, 1.82) is 0 Å². The second kappa shape index (κ2) is 33.9. The smallest absolute Gasteiger partial charge is 0.196 e. The van der Waals surface area contributed by atoms with E-state index in [9.17, 15) is 22.0 Å². The third kappa shape index (κ3) is 20.7. The number of hydrogen-bond donors (Lipinski definition) is 0. The van der Waals surface area contributed by atoms with Gasteiger partial charge in [-0.3, -0.25) is 0 Å². The molecule has 9 aromatic heterocycles. The highest BCUT2D eigenvalue weighted by molar-refractivity contribution is 5.31. The Morgan fingerprint density at radius 1 is 0.326 bits per heavy atom. The maximum absolute atomic E-state index is 12.6. The molecular formula is C72H110F5N9. The predicted octanol–water partition coefficient (Wildman–Crippen LogP) is 18.8. The Labute approximate surface area is 516 Å². The van der Waals surface area contributed by atoms with E-state index in [-0.39, 0.29) is 17.6 Å². The summed E-state index contributed by atoms with van der Waals surface area (Å²) in [6, 6.07) is 16.6. The predicted molar refractivity (Wildman–Crippen MR) is 354 cm³/mol. The quantitative estimate of drug-likeness (QED) is 0.158. The minimum atomic E-state index is -0.537. The fraction of sp³-hybridized carbons (Fsp3) is 0.500. The van der Waals surface area contributed by atoms with Crippen molar-refractivity contribution in [3.63, 3.8) is 0 Å². The molecule has 0 amide bonds.